The van der Waals surface area contributed by atoms with Crippen molar-refractivity contribution in [3.05, 3.63) is 34.9 Å². The van der Waals surface area contributed by atoms with E-state index < -0.39 is 35.4 Å². The standard InChI is InChI=1S/C8H3F7/c9-3-1-2-4(10)6(8(13,14)15)5(3)7(11)12/h1-2,7H. The van der Waals surface area contributed by atoms with Gasteiger partial charge in [-0.05, 0) is 12.1 Å². The van der Waals surface area contributed by atoms with Gasteiger partial charge in [0.2, 0.25) is 0 Å². The van der Waals surface area contributed by atoms with Crippen LogP contribution in [0.5, 0.6) is 0 Å². The van der Waals surface area contributed by atoms with E-state index in [4.69, 9.17) is 0 Å². The van der Waals surface area contributed by atoms with E-state index in [-0.39, 0.29) is 12.1 Å². The lowest BCUT2D eigenvalue weighted by Crippen LogP contribution is -2.14. The summed E-state index contributed by atoms with van der Waals surface area (Å²) in [5.74, 6) is -3.70. The molecule has 84 valence electrons. The highest BCUT2D eigenvalue weighted by Gasteiger charge is 2.40. The molecule has 0 aromatic heterocycles. The first-order valence-electron chi connectivity index (χ1n) is 3.58. The van der Waals surface area contributed by atoms with Crippen molar-refractivity contribution < 1.29 is 30.7 Å². The first-order chi connectivity index (χ1) is 6.75. The zero-order valence-corrected chi connectivity index (χ0v) is 6.88. The van der Waals surface area contributed by atoms with Gasteiger partial charge in [-0.1, -0.05) is 0 Å². The molecule has 0 heterocycles. The van der Waals surface area contributed by atoms with Gasteiger partial charge in [-0.25, -0.2) is 17.6 Å². The molecule has 0 saturated carbocycles. The fourth-order valence-corrected chi connectivity index (χ4v) is 1.07. The average Bonchev–Trinajstić information content (AvgIpc) is 2.05. The van der Waals surface area contributed by atoms with Gasteiger partial charge in [0.1, 0.15) is 17.2 Å². The van der Waals surface area contributed by atoms with Crippen LogP contribution in [-0.2, 0) is 6.18 Å². The summed E-state index contributed by atoms with van der Waals surface area (Å²) < 4.78 is 85.8. The maximum atomic E-state index is 12.7. The SMILES string of the molecule is Fc1ccc(F)c(C(F)(F)F)c1C(F)F. The molecule has 0 fully saturated rings. The predicted octanol–water partition coefficient (Wildman–Crippen LogP) is 3.92. The molecule has 0 bridgehead atoms. The van der Waals surface area contributed by atoms with Crippen molar-refractivity contribution in [1.82, 2.24) is 0 Å². The second-order valence-electron chi connectivity index (χ2n) is 2.62. The van der Waals surface area contributed by atoms with Crippen molar-refractivity contribution in [3.63, 3.8) is 0 Å². The summed E-state index contributed by atoms with van der Waals surface area (Å²) >= 11 is 0. The van der Waals surface area contributed by atoms with Gasteiger partial charge in [0.25, 0.3) is 6.43 Å². The molecule has 15 heavy (non-hydrogen) atoms. The zero-order valence-electron chi connectivity index (χ0n) is 6.88. The van der Waals surface area contributed by atoms with Crippen molar-refractivity contribution in [1.29, 1.82) is 0 Å². The number of rotatable bonds is 1. The largest absolute Gasteiger partial charge is 0.419 e. The molecule has 0 unspecified atom stereocenters. The number of hydrogen-bond acceptors (Lipinski definition) is 0. The van der Waals surface area contributed by atoms with Crippen LogP contribution in [0.1, 0.15) is 17.6 Å². The van der Waals surface area contributed by atoms with Gasteiger partial charge >= 0.3 is 6.18 Å². The fourth-order valence-electron chi connectivity index (χ4n) is 1.07. The Balaban J connectivity index is 3.53. The van der Waals surface area contributed by atoms with Crippen molar-refractivity contribution in [2.24, 2.45) is 0 Å². The Morgan fingerprint density at radius 3 is 1.73 bits per heavy atom. The second kappa shape index (κ2) is 3.71. The highest BCUT2D eigenvalue weighted by atomic mass is 19.4. The first-order valence-corrected chi connectivity index (χ1v) is 3.58. The van der Waals surface area contributed by atoms with Gasteiger partial charge in [0.15, 0.2) is 0 Å². The summed E-state index contributed by atoms with van der Waals surface area (Å²) in [5.41, 5.74) is -4.21. The molecule has 0 amide bonds. The van der Waals surface area contributed by atoms with E-state index in [0.717, 1.165) is 0 Å². The summed E-state index contributed by atoms with van der Waals surface area (Å²) in [6, 6.07) is 0.385. The Morgan fingerprint density at radius 2 is 1.40 bits per heavy atom. The summed E-state index contributed by atoms with van der Waals surface area (Å²) in [5, 5.41) is 0. The Morgan fingerprint density at radius 1 is 0.933 bits per heavy atom. The zero-order chi connectivity index (χ0) is 11.8. The average molecular weight is 232 g/mol. The van der Waals surface area contributed by atoms with Crippen LogP contribution < -0.4 is 0 Å². The Bertz CT molecular complexity index is 366. The number of alkyl halides is 5. The second-order valence-corrected chi connectivity index (χ2v) is 2.62. The molecule has 0 spiro atoms. The maximum Gasteiger partial charge on any atom is 0.419 e. The lowest BCUT2D eigenvalue weighted by Gasteiger charge is -2.13. The van der Waals surface area contributed by atoms with Gasteiger partial charge in [0, 0.05) is 0 Å². The molecule has 0 nitrogen and oxygen atoms in total. The van der Waals surface area contributed by atoms with Crippen LogP contribution in [-0.4, -0.2) is 0 Å². The van der Waals surface area contributed by atoms with Crippen LogP contribution in [0.15, 0.2) is 12.1 Å². The van der Waals surface area contributed by atoms with E-state index >= 15 is 0 Å². The number of benzene rings is 1. The molecule has 0 atom stereocenters. The van der Waals surface area contributed by atoms with Gasteiger partial charge in [-0.3, -0.25) is 0 Å². The monoisotopic (exact) mass is 232 g/mol. The molecule has 0 N–H and O–H groups in total. The topological polar surface area (TPSA) is 0 Å². The van der Waals surface area contributed by atoms with Crippen molar-refractivity contribution in [2.75, 3.05) is 0 Å². The van der Waals surface area contributed by atoms with Crippen LogP contribution in [0.3, 0.4) is 0 Å². The normalized spacial score (nSPS) is 12.3. The van der Waals surface area contributed by atoms with E-state index in [2.05, 4.69) is 0 Å². The van der Waals surface area contributed by atoms with Gasteiger partial charge < -0.3 is 0 Å². The third kappa shape index (κ3) is 2.21. The molecule has 1 rings (SSSR count). The third-order valence-corrected chi connectivity index (χ3v) is 1.64. The molecule has 0 aliphatic carbocycles. The van der Waals surface area contributed by atoms with Crippen LogP contribution in [0.25, 0.3) is 0 Å². The highest BCUT2D eigenvalue weighted by Crippen LogP contribution is 2.39. The van der Waals surface area contributed by atoms with Crippen LogP contribution in [0.2, 0.25) is 0 Å². The summed E-state index contributed by atoms with van der Waals surface area (Å²) in [4.78, 5) is 0. The van der Waals surface area contributed by atoms with Crippen molar-refractivity contribution >= 4 is 0 Å². The molecule has 1 aromatic rings. The lowest BCUT2D eigenvalue weighted by atomic mass is 10.1. The van der Waals surface area contributed by atoms with Crippen LogP contribution >= 0.6 is 0 Å². The van der Waals surface area contributed by atoms with Crippen LogP contribution in [0, 0.1) is 11.6 Å². The van der Waals surface area contributed by atoms with Crippen molar-refractivity contribution in [2.45, 2.75) is 12.6 Å². The van der Waals surface area contributed by atoms with Gasteiger partial charge in [-0.15, -0.1) is 0 Å². The van der Waals surface area contributed by atoms with Crippen molar-refractivity contribution in [3.8, 4) is 0 Å². The number of halogens is 7. The minimum Gasteiger partial charge on any atom is -0.206 e. The molecule has 1 aromatic carbocycles. The Hall–Kier alpha value is -1.27. The summed E-state index contributed by atoms with van der Waals surface area (Å²) in [6.45, 7) is 0. The van der Waals surface area contributed by atoms with E-state index in [9.17, 15) is 30.7 Å². The van der Waals surface area contributed by atoms with E-state index in [1.165, 1.54) is 0 Å². The lowest BCUT2D eigenvalue weighted by molar-refractivity contribution is -0.142. The fraction of sp³-hybridized carbons (Fsp3) is 0.250. The molecule has 0 aliphatic rings. The smallest absolute Gasteiger partial charge is 0.206 e. The van der Waals surface area contributed by atoms with Gasteiger partial charge in [0.05, 0.1) is 5.56 Å². The third-order valence-electron chi connectivity index (χ3n) is 1.64. The Labute approximate surface area is 79.3 Å². The highest BCUT2D eigenvalue weighted by molar-refractivity contribution is 5.33. The minimum atomic E-state index is -5.35. The molecule has 7 heteroatoms. The number of hydrogen-bond donors (Lipinski definition) is 0. The Kier molecular flexibility index (Phi) is 2.92. The molecule has 0 aliphatic heterocycles. The van der Waals surface area contributed by atoms with E-state index in [0.29, 0.717) is 0 Å². The summed E-state index contributed by atoms with van der Waals surface area (Å²) in [6.07, 6.45) is -9.07. The van der Waals surface area contributed by atoms with Crippen LogP contribution in [0.4, 0.5) is 30.7 Å². The van der Waals surface area contributed by atoms with E-state index in [1.54, 1.807) is 0 Å². The minimum absolute atomic E-state index is 0.157. The summed E-state index contributed by atoms with van der Waals surface area (Å²) in [7, 11) is 0. The molecule has 0 saturated heterocycles. The maximum absolute atomic E-state index is 12.7. The molecular weight excluding hydrogens is 229 g/mol. The van der Waals surface area contributed by atoms with Gasteiger partial charge in [-0.2, -0.15) is 13.2 Å². The molecular formula is C8H3F7. The van der Waals surface area contributed by atoms with E-state index in [1.807, 2.05) is 0 Å². The first kappa shape index (κ1) is 11.8. The predicted molar refractivity (Wildman–Crippen MR) is 36.3 cm³/mol. The molecule has 0 radical (unpaired) electrons. The quantitative estimate of drug-likeness (QED) is 0.643.